The molecule has 5 nitrogen and oxygen atoms in total. The summed E-state index contributed by atoms with van der Waals surface area (Å²) in [5.41, 5.74) is 0.891. The molecule has 1 aromatic heterocycles. The zero-order valence-electron chi connectivity index (χ0n) is 16.1. The van der Waals surface area contributed by atoms with Crippen LogP contribution in [0.2, 0.25) is 5.02 Å². The smallest absolute Gasteiger partial charge is 0.330 e. The number of benzene rings is 1. The molecule has 0 atom stereocenters. The Morgan fingerprint density at radius 3 is 2.71 bits per heavy atom. The van der Waals surface area contributed by atoms with Crippen LogP contribution in [0.3, 0.4) is 0 Å². The van der Waals surface area contributed by atoms with Crippen molar-refractivity contribution in [3.05, 3.63) is 66.7 Å². The number of hydrogen-bond donors (Lipinski definition) is 1. The molecule has 0 aliphatic heterocycles. The molecule has 1 aliphatic rings. The van der Waals surface area contributed by atoms with E-state index in [-0.39, 0.29) is 23.9 Å². The van der Waals surface area contributed by atoms with Gasteiger partial charge in [-0.2, -0.15) is 0 Å². The van der Waals surface area contributed by atoms with Gasteiger partial charge >= 0.3 is 5.69 Å². The first-order valence-corrected chi connectivity index (χ1v) is 10.2. The molecule has 1 N–H and O–H groups in total. The molecule has 152 valence electrons. The third-order valence-electron chi connectivity index (χ3n) is 5.48. The van der Waals surface area contributed by atoms with Crippen LogP contribution in [0, 0.1) is 11.7 Å². The summed E-state index contributed by atoms with van der Waals surface area (Å²) in [6, 6.07) is 4.72. The van der Waals surface area contributed by atoms with Gasteiger partial charge < -0.3 is 4.74 Å². The summed E-state index contributed by atoms with van der Waals surface area (Å²) in [4.78, 5) is 27.1. The lowest BCUT2D eigenvalue weighted by Gasteiger charge is -2.24. The van der Waals surface area contributed by atoms with Crippen molar-refractivity contribution in [3.8, 4) is 0 Å². The number of ether oxygens (including phenoxy) is 1. The van der Waals surface area contributed by atoms with Gasteiger partial charge in [0.25, 0.3) is 5.56 Å². The lowest BCUT2D eigenvalue weighted by Crippen LogP contribution is -2.37. The van der Waals surface area contributed by atoms with Crippen LogP contribution in [0.15, 0.2) is 27.8 Å². The molecule has 1 aliphatic carbocycles. The van der Waals surface area contributed by atoms with Gasteiger partial charge in [-0.3, -0.25) is 14.3 Å². The molecular formula is C21H26ClFN2O3. The monoisotopic (exact) mass is 408 g/mol. The standard InChI is InChI=1S/C21H26ClFN2O3/c1-2-16-18(11-14-7-4-3-5-8-14)25(21(27)24-20(16)26)13-28-12-15-9-6-10-17(22)19(15)23/h6,9-10,14H,2-5,7-8,11-13H2,1H3,(H,24,26,27). The summed E-state index contributed by atoms with van der Waals surface area (Å²) in [6.07, 6.45) is 7.07. The van der Waals surface area contributed by atoms with Gasteiger partial charge in [-0.25, -0.2) is 9.18 Å². The van der Waals surface area contributed by atoms with Crippen molar-refractivity contribution in [2.24, 2.45) is 5.92 Å². The second-order valence-corrected chi connectivity index (χ2v) is 7.77. The summed E-state index contributed by atoms with van der Waals surface area (Å²) in [5.74, 6) is -0.0495. The quantitative estimate of drug-likeness (QED) is 0.747. The highest BCUT2D eigenvalue weighted by Crippen LogP contribution is 2.27. The number of aromatic nitrogens is 2. The van der Waals surface area contributed by atoms with E-state index in [2.05, 4.69) is 4.98 Å². The third kappa shape index (κ3) is 4.73. The first-order chi connectivity index (χ1) is 13.5. The number of rotatable bonds is 7. The SMILES string of the molecule is CCc1c(CC2CCCCC2)n(COCc2cccc(Cl)c2F)c(=O)[nH]c1=O. The molecule has 1 fully saturated rings. The Morgan fingerprint density at radius 2 is 2.00 bits per heavy atom. The van der Waals surface area contributed by atoms with Crippen LogP contribution in [-0.4, -0.2) is 9.55 Å². The second-order valence-electron chi connectivity index (χ2n) is 7.36. The maximum absolute atomic E-state index is 14.0. The van der Waals surface area contributed by atoms with Crippen LogP contribution in [-0.2, 0) is 30.9 Å². The Balaban J connectivity index is 1.83. The minimum absolute atomic E-state index is 0.0116. The molecule has 0 unspecified atom stereocenters. The third-order valence-corrected chi connectivity index (χ3v) is 5.78. The molecule has 2 aromatic rings. The van der Waals surface area contributed by atoms with Gasteiger partial charge in [0.2, 0.25) is 0 Å². The Hall–Kier alpha value is -1.92. The van der Waals surface area contributed by atoms with Gasteiger partial charge in [-0.1, -0.05) is 62.8 Å². The first-order valence-electron chi connectivity index (χ1n) is 9.86. The lowest BCUT2D eigenvalue weighted by atomic mass is 9.85. The van der Waals surface area contributed by atoms with Crippen LogP contribution in [0.25, 0.3) is 0 Å². The van der Waals surface area contributed by atoms with Crippen molar-refractivity contribution in [2.45, 2.75) is 65.2 Å². The van der Waals surface area contributed by atoms with E-state index in [0.717, 1.165) is 18.5 Å². The van der Waals surface area contributed by atoms with Crippen LogP contribution in [0.4, 0.5) is 4.39 Å². The van der Waals surface area contributed by atoms with Crippen LogP contribution >= 0.6 is 11.6 Å². The van der Waals surface area contributed by atoms with E-state index in [0.29, 0.717) is 29.9 Å². The second kappa shape index (κ2) is 9.52. The van der Waals surface area contributed by atoms with Crippen LogP contribution < -0.4 is 11.2 Å². The number of nitrogens with one attached hydrogen (secondary N) is 1. The molecule has 1 heterocycles. The molecule has 0 saturated heterocycles. The minimum Gasteiger partial charge on any atom is -0.356 e. The zero-order chi connectivity index (χ0) is 20.1. The van der Waals surface area contributed by atoms with Crippen molar-refractivity contribution in [1.29, 1.82) is 0 Å². The Kier molecular flexibility index (Phi) is 7.08. The number of aromatic amines is 1. The highest BCUT2D eigenvalue weighted by molar-refractivity contribution is 6.30. The summed E-state index contributed by atoms with van der Waals surface area (Å²) >= 11 is 5.80. The van der Waals surface area contributed by atoms with Gasteiger partial charge in [0.1, 0.15) is 12.5 Å². The van der Waals surface area contributed by atoms with Crippen molar-refractivity contribution in [1.82, 2.24) is 9.55 Å². The number of hydrogen-bond acceptors (Lipinski definition) is 3. The average molecular weight is 409 g/mol. The predicted octanol–water partition coefficient (Wildman–Crippen LogP) is 4.19. The fourth-order valence-electron chi connectivity index (χ4n) is 3.96. The molecule has 1 saturated carbocycles. The molecule has 1 aromatic carbocycles. The Bertz CT molecular complexity index is 932. The summed E-state index contributed by atoms with van der Waals surface area (Å²) in [5, 5.41) is 0.0357. The maximum atomic E-state index is 14.0. The number of halogens is 2. The van der Waals surface area contributed by atoms with Crippen molar-refractivity contribution < 1.29 is 9.13 Å². The van der Waals surface area contributed by atoms with Gasteiger partial charge in [-0.05, 0) is 24.8 Å². The molecule has 0 amide bonds. The predicted molar refractivity (Wildman–Crippen MR) is 107 cm³/mol. The summed E-state index contributed by atoms with van der Waals surface area (Å²) in [7, 11) is 0. The average Bonchev–Trinajstić information content (AvgIpc) is 2.68. The molecule has 0 spiro atoms. The van der Waals surface area contributed by atoms with E-state index in [1.165, 1.54) is 29.9 Å². The van der Waals surface area contributed by atoms with Crippen molar-refractivity contribution in [2.75, 3.05) is 0 Å². The van der Waals surface area contributed by atoms with Crippen LogP contribution in [0.1, 0.15) is 55.8 Å². The van der Waals surface area contributed by atoms with Crippen molar-refractivity contribution >= 4 is 11.6 Å². The largest absolute Gasteiger partial charge is 0.356 e. The van der Waals surface area contributed by atoms with Crippen LogP contribution in [0.5, 0.6) is 0 Å². The summed E-state index contributed by atoms with van der Waals surface area (Å²) < 4.78 is 21.2. The lowest BCUT2D eigenvalue weighted by molar-refractivity contribution is 0.0564. The van der Waals surface area contributed by atoms with E-state index >= 15 is 0 Å². The number of nitrogens with zero attached hydrogens (tertiary/aromatic N) is 1. The molecule has 0 bridgehead atoms. The van der Waals surface area contributed by atoms with E-state index in [9.17, 15) is 14.0 Å². The molecule has 7 heteroatoms. The number of H-pyrrole nitrogens is 1. The maximum Gasteiger partial charge on any atom is 0.330 e. The van der Waals surface area contributed by atoms with Crippen molar-refractivity contribution in [3.63, 3.8) is 0 Å². The molecule has 3 rings (SSSR count). The van der Waals surface area contributed by atoms with Gasteiger partial charge in [-0.15, -0.1) is 0 Å². The highest BCUT2D eigenvalue weighted by atomic mass is 35.5. The molecule has 28 heavy (non-hydrogen) atoms. The molecular weight excluding hydrogens is 383 g/mol. The fourth-order valence-corrected chi connectivity index (χ4v) is 4.16. The zero-order valence-corrected chi connectivity index (χ0v) is 16.9. The minimum atomic E-state index is -0.519. The first kappa shape index (κ1) is 20.8. The highest BCUT2D eigenvalue weighted by Gasteiger charge is 2.20. The fraction of sp³-hybridized carbons (Fsp3) is 0.524. The van der Waals surface area contributed by atoms with E-state index in [4.69, 9.17) is 16.3 Å². The normalized spacial score (nSPS) is 15.1. The van der Waals surface area contributed by atoms with Gasteiger partial charge in [0, 0.05) is 16.8 Å². The van der Waals surface area contributed by atoms with E-state index < -0.39 is 11.5 Å². The Morgan fingerprint density at radius 1 is 1.25 bits per heavy atom. The van der Waals surface area contributed by atoms with Gasteiger partial charge in [0.15, 0.2) is 0 Å². The summed E-state index contributed by atoms with van der Waals surface area (Å²) in [6.45, 7) is 1.85. The van der Waals surface area contributed by atoms with E-state index in [1.807, 2.05) is 6.92 Å². The topological polar surface area (TPSA) is 64.1 Å². The Labute approximate surface area is 168 Å². The van der Waals surface area contributed by atoms with Gasteiger partial charge in [0.05, 0.1) is 11.6 Å². The van der Waals surface area contributed by atoms with E-state index in [1.54, 1.807) is 12.1 Å². The molecule has 0 radical (unpaired) electrons.